The quantitative estimate of drug-likeness (QED) is 0.906. The topological polar surface area (TPSA) is 29.1 Å². The summed E-state index contributed by atoms with van der Waals surface area (Å²) in [4.78, 5) is 12.1. The van der Waals surface area contributed by atoms with Gasteiger partial charge in [-0.25, -0.2) is 8.78 Å². The largest absolute Gasteiger partial charge is 0.346 e. The number of aryl methyl sites for hydroxylation is 2. The van der Waals surface area contributed by atoms with Crippen LogP contribution in [0.2, 0.25) is 0 Å². The third-order valence-corrected chi connectivity index (χ3v) is 3.46. The number of nitrogens with one attached hydrogen (secondary N) is 1. The Kier molecular flexibility index (Phi) is 4.36. The zero-order chi connectivity index (χ0) is 15.6. The Hall–Kier alpha value is -2.23. The summed E-state index contributed by atoms with van der Waals surface area (Å²) in [7, 11) is 0. The molecule has 0 heterocycles. The van der Waals surface area contributed by atoms with Crippen molar-refractivity contribution in [2.24, 2.45) is 0 Å². The Morgan fingerprint density at radius 3 is 2.33 bits per heavy atom. The van der Waals surface area contributed by atoms with E-state index in [0.29, 0.717) is 22.3 Å². The molecule has 110 valence electrons. The number of rotatable bonds is 3. The first-order valence-electron chi connectivity index (χ1n) is 6.71. The van der Waals surface area contributed by atoms with Crippen LogP contribution < -0.4 is 5.32 Å². The van der Waals surface area contributed by atoms with Gasteiger partial charge < -0.3 is 5.32 Å². The van der Waals surface area contributed by atoms with Gasteiger partial charge in [-0.15, -0.1) is 0 Å². The summed E-state index contributed by atoms with van der Waals surface area (Å²) in [6.07, 6.45) is 0. The maximum Gasteiger partial charge on any atom is 0.251 e. The molecule has 2 aromatic rings. The van der Waals surface area contributed by atoms with Crippen LogP contribution in [0.3, 0.4) is 0 Å². The number of amides is 1. The van der Waals surface area contributed by atoms with E-state index < -0.39 is 0 Å². The highest BCUT2D eigenvalue weighted by Gasteiger charge is 2.13. The first kappa shape index (κ1) is 15.2. The lowest BCUT2D eigenvalue weighted by molar-refractivity contribution is 0.0939. The molecule has 0 saturated heterocycles. The molecular weight excluding hydrogens is 272 g/mol. The Morgan fingerprint density at radius 1 is 1.00 bits per heavy atom. The molecule has 0 saturated carbocycles. The fourth-order valence-electron chi connectivity index (χ4n) is 2.03. The molecule has 1 amide bonds. The molecule has 0 fully saturated rings. The van der Waals surface area contributed by atoms with Gasteiger partial charge in [0.25, 0.3) is 5.91 Å². The van der Waals surface area contributed by atoms with Crippen LogP contribution in [-0.4, -0.2) is 5.91 Å². The minimum absolute atomic E-state index is 0.300. The lowest BCUT2D eigenvalue weighted by Gasteiger charge is -2.15. The molecule has 0 aliphatic rings. The molecule has 0 aliphatic carbocycles. The predicted molar refractivity (Wildman–Crippen MR) is 78.2 cm³/mol. The summed E-state index contributed by atoms with van der Waals surface area (Å²) in [5, 5.41) is 2.78. The van der Waals surface area contributed by atoms with E-state index in [-0.39, 0.29) is 23.6 Å². The van der Waals surface area contributed by atoms with Crippen LogP contribution in [0.4, 0.5) is 8.78 Å². The highest BCUT2D eigenvalue weighted by atomic mass is 19.1. The number of hydrogen-bond acceptors (Lipinski definition) is 1. The van der Waals surface area contributed by atoms with Crippen molar-refractivity contribution in [2.75, 3.05) is 0 Å². The third kappa shape index (κ3) is 3.45. The van der Waals surface area contributed by atoms with Gasteiger partial charge in [0.2, 0.25) is 0 Å². The van der Waals surface area contributed by atoms with Crippen molar-refractivity contribution in [3.63, 3.8) is 0 Å². The van der Waals surface area contributed by atoms with Gasteiger partial charge >= 0.3 is 0 Å². The van der Waals surface area contributed by atoms with Crippen LogP contribution in [0.1, 0.15) is 40.0 Å². The highest BCUT2D eigenvalue weighted by molar-refractivity contribution is 5.94. The summed E-state index contributed by atoms with van der Waals surface area (Å²) < 4.78 is 26.7. The Morgan fingerprint density at radius 2 is 1.71 bits per heavy atom. The van der Waals surface area contributed by atoms with Crippen LogP contribution in [0, 0.1) is 25.5 Å². The van der Waals surface area contributed by atoms with E-state index in [0.717, 1.165) is 0 Å². The van der Waals surface area contributed by atoms with E-state index in [2.05, 4.69) is 5.32 Å². The van der Waals surface area contributed by atoms with Crippen molar-refractivity contribution in [3.05, 3.63) is 70.3 Å². The van der Waals surface area contributed by atoms with E-state index >= 15 is 0 Å². The maximum absolute atomic E-state index is 13.5. The first-order chi connectivity index (χ1) is 9.88. The molecule has 1 atom stereocenters. The fraction of sp³-hybridized carbons (Fsp3) is 0.235. The van der Waals surface area contributed by atoms with Gasteiger partial charge in [-0.1, -0.05) is 12.1 Å². The number of halogens is 2. The summed E-state index contributed by atoms with van der Waals surface area (Å²) in [5.41, 5.74) is 2.04. The predicted octanol–water partition coefficient (Wildman–Crippen LogP) is 4.07. The molecule has 0 spiro atoms. The number of carbonyl (C=O) groups excluding carboxylic acids is 1. The zero-order valence-corrected chi connectivity index (χ0v) is 12.2. The van der Waals surface area contributed by atoms with Crippen LogP contribution >= 0.6 is 0 Å². The molecular formula is C17H17F2NO. The second kappa shape index (κ2) is 6.04. The summed E-state index contributed by atoms with van der Waals surface area (Å²) in [5.74, 6) is -0.960. The third-order valence-electron chi connectivity index (χ3n) is 3.46. The molecule has 2 rings (SSSR count). The number of carbonyl (C=O) groups is 1. The van der Waals surface area contributed by atoms with Gasteiger partial charge in [0.05, 0.1) is 6.04 Å². The minimum atomic E-state index is -0.347. The smallest absolute Gasteiger partial charge is 0.251 e. The van der Waals surface area contributed by atoms with Crippen molar-refractivity contribution >= 4 is 5.91 Å². The molecule has 1 N–H and O–H groups in total. The van der Waals surface area contributed by atoms with E-state index in [1.165, 1.54) is 24.3 Å². The molecule has 2 aromatic carbocycles. The lowest BCUT2D eigenvalue weighted by Crippen LogP contribution is -2.26. The number of benzene rings is 2. The minimum Gasteiger partial charge on any atom is -0.346 e. The van der Waals surface area contributed by atoms with Crippen molar-refractivity contribution in [1.82, 2.24) is 5.32 Å². The summed E-state index contributed by atoms with van der Waals surface area (Å²) in [6, 6.07) is 8.72. The Bertz CT molecular complexity index is 682. The standard InChI is InChI=1S/C17H17F2NO/c1-10-4-5-13(9-16(10)19)12(3)20-17(21)14-6-7-15(18)11(2)8-14/h4-9,12H,1-3H3,(H,20,21). The molecule has 0 bridgehead atoms. The lowest BCUT2D eigenvalue weighted by atomic mass is 10.0. The Labute approximate surface area is 122 Å². The SMILES string of the molecule is Cc1cc(C(=O)NC(C)c2ccc(C)c(F)c2)ccc1F. The maximum atomic E-state index is 13.5. The molecule has 4 heteroatoms. The molecule has 0 aliphatic heterocycles. The van der Waals surface area contributed by atoms with Crippen LogP contribution in [0.5, 0.6) is 0 Å². The second-order valence-corrected chi connectivity index (χ2v) is 5.17. The van der Waals surface area contributed by atoms with Gasteiger partial charge in [-0.3, -0.25) is 4.79 Å². The van der Waals surface area contributed by atoms with Crippen molar-refractivity contribution in [3.8, 4) is 0 Å². The van der Waals surface area contributed by atoms with Gasteiger partial charge in [0.15, 0.2) is 0 Å². The van der Waals surface area contributed by atoms with E-state index in [9.17, 15) is 13.6 Å². The molecule has 1 unspecified atom stereocenters. The van der Waals surface area contributed by atoms with Gasteiger partial charge in [-0.2, -0.15) is 0 Å². The number of hydrogen-bond donors (Lipinski definition) is 1. The van der Waals surface area contributed by atoms with Crippen LogP contribution in [0.15, 0.2) is 36.4 Å². The monoisotopic (exact) mass is 289 g/mol. The summed E-state index contributed by atoms with van der Waals surface area (Å²) in [6.45, 7) is 5.06. The van der Waals surface area contributed by atoms with Crippen molar-refractivity contribution < 1.29 is 13.6 Å². The van der Waals surface area contributed by atoms with Crippen LogP contribution in [0.25, 0.3) is 0 Å². The fourth-order valence-corrected chi connectivity index (χ4v) is 2.03. The van der Waals surface area contributed by atoms with E-state index in [1.54, 1.807) is 32.9 Å². The zero-order valence-electron chi connectivity index (χ0n) is 12.2. The highest BCUT2D eigenvalue weighted by Crippen LogP contribution is 2.17. The Balaban J connectivity index is 2.14. The van der Waals surface area contributed by atoms with E-state index in [4.69, 9.17) is 0 Å². The van der Waals surface area contributed by atoms with Gasteiger partial charge in [0, 0.05) is 5.56 Å². The second-order valence-electron chi connectivity index (χ2n) is 5.17. The summed E-state index contributed by atoms with van der Waals surface area (Å²) >= 11 is 0. The van der Waals surface area contributed by atoms with Crippen molar-refractivity contribution in [2.45, 2.75) is 26.8 Å². The molecule has 0 aromatic heterocycles. The van der Waals surface area contributed by atoms with E-state index in [1.807, 2.05) is 0 Å². The normalized spacial score (nSPS) is 12.0. The first-order valence-corrected chi connectivity index (χ1v) is 6.71. The van der Waals surface area contributed by atoms with Crippen molar-refractivity contribution in [1.29, 1.82) is 0 Å². The average Bonchev–Trinajstić information content (AvgIpc) is 2.44. The average molecular weight is 289 g/mol. The van der Waals surface area contributed by atoms with Crippen LogP contribution in [-0.2, 0) is 0 Å². The van der Waals surface area contributed by atoms with Gasteiger partial charge in [-0.05, 0) is 61.7 Å². The van der Waals surface area contributed by atoms with Gasteiger partial charge in [0.1, 0.15) is 11.6 Å². The molecule has 21 heavy (non-hydrogen) atoms. The molecule has 0 radical (unpaired) electrons. The molecule has 2 nitrogen and oxygen atoms in total.